The Morgan fingerprint density at radius 1 is 1.24 bits per heavy atom. The minimum atomic E-state index is -0.544. The van der Waals surface area contributed by atoms with Crippen LogP contribution in [0.2, 0.25) is 0 Å². The Morgan fingerprint density at radius 3 is 2.19 bits per heavy atom. The molecule has 1 rings (SSSR count). The fraction of sp³-hybridized carbons (Fsp3) is 0.538. The van der Waals surface area contributed by atoms with Gasteiger partial charge in [0.15, 0.2) is 0 Å². The number of hydrogen-bond donors (Lipinski definition) is 4. The summed E-state index contributed by atoms with van der Waals surface area (Å²) in [5.41, 5.74) is 16.2. The number of nitrogens with two attached hydrogens (primary N) is 3. The molecule has 0 aliphatic carbocycles. The Morgan fingerprint density at radius 2 is 1.81 bits per heavy atom. The number of nitrogens with one attached hydrogen (secondary N) is 1. The van der Waals surface area contributed by atoms with E-state index in [2.05, 4.69) is 9.97 Å². The fourth-order valence-electron chi connectivity index (χ4n) is 1.08. The number of amides is 1. The van der Waals surface area contributed by atoms with E-state index in [1.807, 2.05) is 0 Å². The first-order chi connectivity index (χ1) is 8.99. The highest BCUT2D eigenvalue weighted by Gasteiger charge is 2.01. The monoisotopic (exact) mass is 301 g/mol. The first kappa shape index (κ1) is 24.0. The summed E-state index contributed by atoms with van der Waals surface area (Å²) in [6.07, 6.45) is 5.60. The van der Waals surface area contributed by atoms with E-state index in [0.29, 0.717) is 19.1 Å². The number of aldehydes is 2. The molecule has 0 aliphatic rings. The van der Waals surface area contributed by atoms with Crippen molar-refractivity contribution >= 4 is 18.5 Å². The largest absolute Gasteiger partial charge is 0.370 e. The molecule has 0 saturated carbocycles. The van der Waals surface area contributed by atoms with Crippen LogP contribution in [0.1, 0.15) is 33.4 Å². The molecule has 1 aromatic heterocycles. The molecule has 0 aromatic carbocycles. The van der Waals surface area contributed by atoms with Crippen molar-refractivity contribution in [1.82, 2.24) is 9.97 Å². The van der Waals surface area contributed by atoms with E-state index in [1.54, 1.807) is 12.5 Å². The SMILES string of the molecule is C.C.NC(=O)CC[C@@H](N)C=O.N[C@@H](C=O)Cc1cnc[nH]1. The second-order valence-corrected chi connectivity index (χ2v) is 3.89. The zero-order valence-corrected chi connectivity index (χ0v) is 10.5. The molecule has 21 heavy (non-hydrogen) atoms. The lowest BCUT2D eigenvalue weighted by atomic mass is 10.2. The summed E-state index contributed by atoms with van der Waals surface area (Å²) in [6.45, 7) is 0. The summed E-state index contributed by atoms with van der Waals surface area (Å²) < 4.78 is 0. The van der Waals surface area contributed by atoms with Gasteiger partial charge in [0.2, 0.25) is 5.91 Å². The molecule has 8 heteroatoms. The fourth-order valence-corrected chi connectivity index (χ4v) is 1.08. The number of hydrogen-bond acceptors (Lipinski definition) is 6. The highest BCUT2D eigenvalue weighted by molar-refractivity contribution is 5.74. The third-order valence-corrected chi connectivity index (χ3v) is 2.08. The van der Waals surface area contributed by atoms with Crippen LogP contribution >= 0.6 is 0 Å². The van der Waals surface area contributed by atoms with E-state index in [4.69, 9.17) is 17.2 Å². The number of H-pyrrole nitrogens is 1. The summed E-state index contributed by atoms with van der Waals surface area (Å²) in [7, 11) is 0. The van der Waals surface area contributed by atoms with Crippen molar-refractivity contribution in [3.8, 4) is 0 Å². The van der Waals surface area contributed by atoms with E-state index < -0.39 is 18.0 Å². The quantitative estimate of drug-likeness (QED) is 0.498. The van der Waals surface area contributed by atoms with Crippen molar-refractivity contribution in [1.29, 1.82) is 0 Å². The molecule has 7 N–H and O–H groups in total. The standard InChI is InChI=1S/C6H9N3O.C5H10N2O2.2CH4/c7-5(3-10)1-6-2-8-4-9-6;6-4(3-8)1-2-5(7)9;;/h2-5H,1,7H2,(H,8,9);3-4H,1-2,6H2,(H2,7,9);2*1H4/t5-;4-;;/m11../s1. The molecule has 0 radical (unpaired) electrons. The van der Waals surface area contributed by atoms with Crippen molar-refractivity contribution < 1.29 is 14.4 Å². The van der Waals surface area contributed by atoms with Crippen molar-refractivity contribution in [3.05, 3.63) is 18.2 Å². The van der Waals surface area contributed by atoms with Gasteiger partial charge in [0.05, 0.1) is 18.4 Å². The molecule has 2 atom stereocenters. The van der Waals surface area contributed by atoms with Gasteiger partial charge >= 0.3 is 0 Å². The number of rotatable bonds is 7. The minimum Gasteiger partial charge on any atom is -0.370 e. The highest BCUT2D eigenvalue weighted by atomic mass is 16.1. The second-order valence-electron chi connectivity index (χ2n) is 3.89. The summed E-state index contributed by atoms with van der Waals surface area (Å²) in [5, 5.41) is 0. The van der Waals surface area contributed by atoms with Gasteiger partial charge in [0.25, 0.3) is 0 Å². The van der Waals surface area contributed by atoms with Gasteiger partial charge in [-0.2, -0.15) is 0 Å². The number of nitrogens with zero attached hydrogens (tertiary/aromatic N) is 1. The third-order valence-electron chi connectivity index (χ3n) is 2.08. The summed E-state index contributed by atoms with van der Waals surface area (Å²) >= 11 is 0. The molecule has 1 amide bonds. The normalized spacial score (nSPS) is 11.5. The zero-order valence-electron chi connectivity index (χ0n) is 10.5. The van der Waals surface area contributed by atoms with E-state index in [1.165, 1.54) is 0 Å². The maximum atomic E-state index is 10.1. The average Bonchev–Trinajstić information content (AvgIpc) is 2.89. The van der Waals surface area contributed by atoms with Crippen LogP contribution in [0.15, 0.2) is 12.5 Å². The molecular formula is C13H27N5O3. The van der Waals surface area contributed by atoms with Gasteiger partial charge in [-0.15, -0.1) is 0 Å². The summed E-state index contributed by atoms with van der Waals surface area (Å²) in [6, 6.07) is -0.960. The molecule has 1 heterocycles. The van der Waals surface area contributed by atoms with E-state index >= 15 is 0 Å². The van der Waals surface area contributed by atoms with Gasteiger partial charge < -0.3 is 31.8 Å². The smallest absolute Gasteiger partial charge is 0.217 e. The molecule has 8 nitrogen and oxygen atoms in total. The van der Waals surface area contributed by atoms with Crippen LogP contribution in [0.3, 0.4) is 0 Å². The Kier molecular flexibility index (Phi) is 16.4. The Hall–Kier alpha value is -2.06. The second kappa shape index (κ2) is 14.4. The van der Waals surface area contributed by atoms with Crippen LogP contribution in [0.5, 0.6) is 0 Å². The Bertz CT molecular complexity index is 381. The molecule has 0 bridgehead atoms. The lowest BCUT2D eigenvalue weighted by molar-refractivity contribution is -0.118. The first-order valence-corrected chi connectivity index (χ1v) is 5.66. The van der Waals surface area contributed by atoms with Crippen LogP contribution < -0.4 is 17.2 Å². The van der Waals surface area contributed by atoms with Gasteiger partial charge in [-0.05, 0) is 6.42 Å². The Labute approximate surface area is 125 Å². The number of primary amides is 1. The van der Waals surface area contributed by atoms with Crippen molar-refractivity contribution in [2.45, 2.75) is 46.2 Å². The lowest BCUT2D eigenvalue weighted by Gasteiger charge is -1.98. The third kappa shape index (κ3) is 14.2. The lowest BCUT2D eigenvalue weighted by Crippen LogP contribution is -2.24. The topological polar surface area (TPSA) is 158 Å². The van der Waals surface area contributed by atoms with E-state index in [-0.39, 0.29) is 21.3 Å². The predicted molar refractivity (Wildman–Crippen MR) is 82.3 cm³/mol. The number of imidazole rings is 1. The predicted octanol–water partition coefficient (Wildman–Crippen LogP) is -0.471. The van der Waals surface area contributed by atoms with Gasteiger partial charge in [-0.25, -0.2) is 4.98 Å². The van der Waals surface area contributed by atoms with Crippen LogP contribution in [0.25, 0.3) is 0 Å². The van der Waals surface area contributed by atoms with E-state index in [0.717, 1.165) is 12.0 Å². The van der Waals surface area contributed by atoms with E-state index in [9.17, 15) is 14.4 Å². The van der Waals surface area contributed by atoms with Crippen molar-refractivity contribution in [2.24, 2.45) is 17.2 Å². The van der Waals surface area contributed by atoms with Crippen molar-refractivity contribution in [2.75, 3.05) is 0 Å². The van der Waals surface area contributed by atoms with Crippen LogP contribution in [-0.2, 0) is 20.8 Å². The van der Waals surface area contributed by atoms with Crippen molar-refractivity contribution in [3.63, 3.8) is 0 Å². The number of carbonyl (C=O) groups excluding carboxylic acids is 3. The van der Waals surface area contributed by atoms with Gasteiger partial charge in [0.1, 0.15) is 12.6 Å². The molecule has 0 spiro atoms. The van der Waals surface area contributed by atoms with Gasteiger partial charge in [-0.1, -0.05) is 14.9 Å². The number of carbonyl (C=O) groups is 3. The molecular weight excluding hydrogens is 274 g/mol. The molecule has 122 valence electrons. The van der Waals surface area contributed by atoms with Crippen LogP contribution in [-0.4, -0.2) is 40.5 Å². The highest BCUT2D eigenvalue weighted by Crippen LogP contribution is 1.93. The molecule has 0 aliphatic heterocycles. The number of aromatic nitrogens is 2. The minimum absolute atomic E-state index is 0. The van der Waals surface area contributed by atoms with Gasteiger partial charge in [-0.3, -0.25) is 4.79 Å². The summed E-state index contributed by atoms with van der Waals surface area (Å²) in [4.78, 5) is 36.6. The molecule has 1 aromatic rings. The molecule has 0 saturated heterocycles. The van der Waals surface area contributed by atoms with Gasteiger partial charge in [0, 0.05) is 24.7 Å². The average molecular weight is 301 g/mol. The molecule has 0 unspecified atom stereocenters. The Balaban J connectivity index is -0.000000284. The summed E-state index contributed by atoms with van der Waals surface area (Å²) in [5.74, 6) is -0.424. The van der Waals surface area contributed by atoms with Crippen LogP contribution in [0.4, 0.5) is 0 Å². The number of aromatic amines is 1. The zero-order chi connectivity index (χ0) is 14.7. The first-order valence-electron chi connectivity index (χ1n) is 5.66. The maximum Gasteiger partial charge on any atom is 0.217 e. The maximum absolute atomic E-state index is 10.1. The molecule has 0 fully saturated rings. The van der Waals surface area contributed by atoms with Crippen LogP contribution in [0, 0.1) is 0 Å².